The van der Waals surface area contributed by atoms with Crippen LogP contribution in [0.3, 0.4) is 0 Å². The van der Waals surface area contributed by atoms with Gasteiger partial charge in [0.25, 0.3) is 7.28 Å². The molecule has 0 amide bonds. The van der Waals surface area contributed by atoms with Crippen molar-refractivity contribution in [2.75, 3.05) is 0 Å². The summed E-state index contributed by atoms with van der Waals surface area (Å²) in [5.74, 6) is 2.12. The van der Waals surface area contributed by atoms with E-state index in [2.05, 4.69) is 19.5 Å². The molecule has 0 aromatic heterocycles. The van der Waals surface area contributed by atoms with E-state index >= 15 is 0 Å². The van der Waals surface area contributed by atoms with E-state index in [4.69, 9.17) is 5.26 Å². The van der Waals surface area contributed by atoms with Gasteiger partial charge in [-0.3, -0.25) is 0 Å². The van der Waals surface area contributed by atoms with E-state index in [0.29, 0.717) is 0 Å². The molecule has 0 saturated heterocycles. The van der Waals surface area contributed by atoms with E-state index in [1.165, 1.54) is 5.57 Å². The molecule has 1 nitrogen and oxygen atoms in total. The zero-order chi connectivity index (χ0) is 8.32. The van der Waals surface area contributed by atoms with Crippen LogP contribution in [-0.4, -0.2) is 7.28 Å². The van der Waals surface area contributed by atoms with E-state index in [9.17, 15) is 0 Å². The first-order chi connectivity index (χ1) is 5.25. The van der Waals surface area contributed by atoms with Gasteiger partial charge in [0.2, 0.25) is 0 Å². The zero-order valence-corrected chi connectivity index (χ0v) is 7.06. The number of hydrogen-bond donors (Lipinski definition) is 0. The molecule has 0 aromatic carbocycles. The fourth-order valence-corrected chi connectivity index (χ4v) is 1.41. The summed E-state index contributed by atoms with van der Waals surface area (Å²) in [5.41, 5.74) is 1.25. The van der Waals surface area contributed by atoms with Gasteiger partial charge in [-0.2, -0.15) is 0 Å². The molecule has 0 N–H and O–H groups in total. The maximum Gasteiger partial charge on any atom is 0.265 e. The fourth-order valence-electron chi connectivity index (χ4n) is 1.41. The minimum atomic E-state index is 0.130. The lowest BCUT2D eigenvalue weighted by atomic mass is 9.59. The second-order valence-corrected chi connectivity index (χ2v) is 3.28. The molecule has 0 aliphatic heterocycles. The molecule has 0 bridgehead atoms. The maximum atomic E-state index is 8.51. The predicted molar refractivity (Wildman–Crippen MR) is 47.3 cm³/mol. The van der Waals surface area contributed by atoms with E-state index in [-0.39, 0.29) is 5.31 Å². The van der Waals surface area contributed by atoms with Crippen LogP contribution >= 0.6 is 0 Å². The van der Waals surface area contributed by atoms with Crippen molar-refractivity contribution < 1.29 is 0 Å². The van der Waals surface area contributed by atoms with Crippen LogP contribution in [0, 0.1) is 11.2 Å². The summed E-state index contributed by atoms with van der Waals surface area (Å²) in [5, 5.41) is 8.64. The van der Waals surface area contributed by atoms with Gasteiger partial charge in [0.1, 0.15) is 0 Å². The summed E-state index contributed by atoms with van der Waals surface area (Å²) in [6, 6.07) is 0. The Morgan fingerprint density at radius 2 is 2.36 bits per heavy atom. The van der Waals surface area contributed by atoms with Crippen LogP contribution < -0.4 is 0 Å². The van der Waals surface area contributed by atoms with E-state index in [1.54, 1.807) is 7.28 Å². The summed E-state index contributed by atoms with van der Waals surface area (Å²) < 4.78 is 0. The maximum absolute atomic E-state index is 8.51. The fraction of sp³-hybridized carbons (Fsp3) is 0.667. The first-order valence-electron chi connectivity index (χ1n) is 4.17. The van der Waals surface area contributed by atoms with Gasteiger partial charge in [-0.05, 0) is 30.5 Å². The quantitative estimate of drug-likeness (QED) is 0.441. The van der Waals surface area contributed by atoms with Crippen LogP contribution in [0.1, 0.15) is 32.6 Å². The van der Waals surface area contributed by atoms with Crippen molar-refractivity contribution in [1.29, 1.82) is 5.26 Å². The lowest BCUT2D eigenvalue weighted by molar-refractivity contribution is 0.836. The number of nitriles is 1. The third kappa shape index (κ3) is 1.65. The highest BCUT2D eigenvalue weighted by molar-refractivity contribution is 6.51. The summed E-state index contributed by atoms with van der Waals surface area (Å²) in [4.78, 5) is 0. The second kappa shape index (κ2) is 3.13. The molecule has 1 rings (SSSR count). The van der Waals surface area contributed by atoms with Gasteiger partial charge < -0.3 is 0 Å². The Kier molecular flexibility index (Phi) is 2.39. The van der Waals surface area contributed by atoms with Gasteiger partial charge in [0, 0.05) is 0 Å². The van der Waals surface area contributed by atoms with Gasteiger partial charge in [-0.1, -0.05) is 25.5 Å². The molecular formula is C9H13BN. The van der Waals surface area contributed by atoms with Gasteiger partial charge in [-0.25, -0.2) is 5.26 Å². The van der Waals surface area contributed by atoms with Crippen molar-refractivity contribution >= 4 is 7.28 Å². The number of nitrogens with zero attached hydrogens (tertiary/aromatic N) is 1. The van der Waals surface area contributed by atoms with Crippen LogP contribution in [0.15, 0.2) is 12.2 Å². The second-order valence-electron chi connectivity index (χ2n) is 3.28. The Labute approximate surface area is 69.3 Å². The molecule has 0 unspecified atom stereocenters. The monoisotopic (exact) mass is 146 g/mol. The molecule has 57 valence electrons. The summed E-state index contributed by atoms with van der Waals surface area (Å²) in [6.45, 7) is 6.16. The molecule has 0 heterocycles. The normalized spacial score (nSPS) is 18.5. The first kappa shape index (κ1) is 8.39. The van der Waals surface area contributed by atoms with Crippen molar-refractivity contribution in [3.8, 4) is 5.97 Å². The number of allylic oxidation sites excluding steroid dienone is 1. The van der Waals surface area contributed by atoms with Gasteiger partial charge >= 0.3 is 0 Å². The SMILES string of the molecule is C=C(CCC)C1([B]C#N)CC1. The smallest absolute Gasteiger partial charge is 0.213 e. The summed E-state index contributed by atoms with van der Waals surface area (Å²) >= 11 is 0. The topological polar surface area (TPSA) is 23.8 Å². The van der Waals surface area contributed by atoms with Crippen molar-refractivity contribution in [2.45, 2.75) is 37.9 Å². The molecule has 0 aromatic rings. The van der Waals surface area contributed by atoms with Crippen molar-refractivity contribution in [3.63, 3.8) is 0 Å². The molecular weight excluding hydrogens is 133 g/mol. The number of rotatable bonds is 4. The average Bonchev–Trinajstić information content (AvgIpc) is 2.71. The van der Waals surface area contributed by atoms with E-state index in [0.717, 1.165) is 25.7 Å². The molecule has 1 fully saturated rings. The molecule has 2 heteroatoms. The Morgan fingerprint density at radius 3 is 2.73 bits per heavy atom. The Hall–Kier alpha value is -0.705. The minimum Gasteiger partial charge on any atom is -0.213 e. The average molecular weight is 146 g/mol. The zero-order valence-electron chi connectivity index (χ0n) is 7.06. The molecule has 0 atom stereocenters. The third-order valence-electron chi connectivity index (χ3n) is 2.39. The standard InChI is InChI=1S/C9H13BN/c1-3-4-8(2)9(5-6-9)10-7-11/h2-6H2,1H3. The molecule has 1 aliphatic rings. The van der Waals surface area contributed by atoms with E-state index < -0.39 is 0 Å². The highest BCUT2D eigenvalue weighted by Gasteiger charge is 2.45. The Bertz CT molecular complexity index is 198. The highest BCUT2D eigenvalue weighted by atomic mass is 14.4. The molecule has 0 spiro atoms. The Morgan fingerprint density at radius 1 is 1.73 bits per heavy atom. The predicted octanol–water partition coefficient (Wildman–Crippen LogP) is 2.48. The summed E-state index contributed by atoms with van der Waals surface area (Å²) in [7, 11) is 1.75. The largest absolute Gasteiger partial charge is 0.265 e. The van der Waals surface area contributed by atoms with E-state index in [1.807, 2.05) is 0 Å². The van der Waals surface area contributed by atoms with Gasteiger partial charge in [0.15, 0.2) is 0 Å². The summed E-state index contributed by atoms with van der Waals surface area (Å²) in [6.07, 6.45) is 4.48. The first-order valence-corrected chi connectivity index (χ1v) is 4.17. The van der Waals surface area contributed by atoms with Gasteiger partial charge in [0.05, 0.1) is 0 Å². The molecule has 11 heavy (non-hydrogen) atoms. The van der Waals surface area contributed by atoms with Gasteiger partial charge in [-0.15, -0.1) is 0 Å². The van der Waals surface area contributed by atoms with Crippen LogP contribution in [-0.2, 0) is 0 Å². The van der Waals surface area contributed by atoms with Crippen molar-refractivity contribution in [3.05, 3.63) is 12.2 Å². The molecule has 1 saturated carbocycles. The minimum absolute atomic E-state index is 0.130. The third-order valence-corrected chi connectivity index (χ3v) is 2.39. The van der Waals surface area contributed by atoms with Crippen LogP contribution in [0.2, 0.25) is 5.31 Å². The number of hydrogen-bond acceptors (Lipinski definition) is 1. The van der Waals surface area contributed by atoms with Crippen molar-refractivity contribution in [2.24, 2.45) is 0 Å². The Balaban J connectivity index is 2.46. The lowest BCUT2D eigenvalue weighted by Gasteiger charge is -2.12. The van der Waals surface area contributed by atoms with Crippen LogP contribution in [0.5, 0.6) is 0 Å². The lowest BCUT2D eigenvalue weighted by Crippen LogP contribution is -2.04. The highest BCUT2D eigenvalue weighted by Crippen LogP contribution is 2.59. The molecule has 1 radical (unpaired) electrons. The van der Waals surface area contributed by atoms with Crippen LogP contribution in [0.4, 0.5) is 0 Å². The van der Waals surface area contributed by atoms with Crippen molar-refractivity contribution in [1.82, 2.24) is 0 Å². The molecule has 1 aliphatic carbocycles. The van der Waals surface area contributed by atoms with Crippen LogP contribution in [0.25, 0.3) is 0 Å².